The van der Waals surface area contributed by atoms with Gasteiger partial charge in [-0.05, 0) is 26.7 Å². The van der Waals surface area contributed by atoms with E-state index in [2.05, 4.69) is 24.1 Å². The molecule has 2 rings (SSSR count). The number of nitrogens with one attached hydrogen (secondary N) is 1. The van der Waals surface area contributed by atoms with Gasteiger partial charge in [0.2, 0.25) is 0 Å². The summed E-state index contributed by atoms with van der Waals surface area (Å²) in [6.07, 6.45) is 2.83. The number of piperazine rings is 1. The summed E-state index contributed by atoms with van der Waals surface area (Å²) in [6, 6.07) is 0.736. The molecular formula is C9H18N2. The quantitative estimate of drug-likeness (QED) is 0.602. The zero-order valence-electron chi connectivity index (χ0n) is 7.56. The zero-order valence-corrected chi connectivity index (χ0v) is 7.56. The van der Waals surface area contributed by atoms with E-state index in [4.69, 9.17) is 0 Å². The molecule has 2 aliphatic rings. The molecule has 1 spiro atoms. The second-order valence-corrected chi connectivity index (χ2v) is 4.19. The van der Waals surface area contributed by atoms with Gasteiger partial charge < -0.3 is 5.32 Å². The Hall–Kier alpha value is -0.0800. The average Bonchev–Trinajstić information content (AvgIpc) is 2.70. The molecule has 1 heterocycles. The Morgan fingerprint density at radius 2 is 2.09 bits per heavy atom. The van der Waals surface area contributed by atoms with E-state index >= 15 is 0 Å². The summed E-state index contributed by atoms with van der Waals surface area (Å²) >= 11 is 0. The van der Waals surface area contributed by atoms with Gasteiger partial charge in [-0.15, -0.1) is 0 Å². The van der Waals surface area contributed by atoms with Gasteiger partial charge in [-0.2, -0.15) is 0 Å². The summed E-state index contributed by atoms with van der Waals surface area (Å²) in [4.78, 5) is 2.67. The van der Waals surface area contributed by atoms with Gasteiger partial charge in [0.05, 0.1) is 0 Å². The van der Waals surface area contributed by atoms with Gasteiger partial charge in [0, 0.05) is 31.2 Å². The second kappa shape index (κ2) is 2.46. The fraction of sp³-hybridized carbons (Fsp3) is 1.00. The molecule has 0 aromatic heterocycles. The Morgan fingerprint density at radius 3 is 2.55 bits per heavy atom. The molecule has 2 nitrogen and oxygen atoms in total. The first-order valence-electron chi connectivity index (χ1n) is 4.72. The lowest BCUT2D eigenvalue weighted by atomic mass is 10.1. The lowest BCUT2D eigenvalue weighted by Crippen LogP contribution is -2.55. The molecule has 1 saturated carbocycles. The number of hydrogen-bond acceptors (Lipinski definition) is 2. The number of rotatable bonds is 1. The average molecular weight is 154 g/mol. The van der Waals surface area contributed by atoms with E-state index in [0.29, 0.717) is 5.54 Å². The molecule has 0 aromatic carbocycles. The van der Waals surface area contributed by atoms with Crippen molar-refractivity contribution in [1.29, 1.82) is 0 Å². The molecule has 64 valence electrons. The topological polar surface area (TPSA) is 15.3 Å². The maximum Gasteiger partial charge on any atom is 0.0338 e. The Morgan fingerprint density at radius 1 is 1.36 bits per heavy atom. The highest BCUT2D eigenvalue weighted by atomic mass is 15.3. The summed E-state index contributed by atoms with van der Waals surface area (Å²) < 4.78 is 0. The van der Waals surface area contributed by atoms with Gasteiger partial charge in [0.1, 0.15) is 0 Å². The highest BCUT2D eigenvalue weighted by molar-refractivity contribution is 5.08. The molecule has 1 aliphatic heterocycles. The Bertz CT molecular complexity index is 150. The Labute approximate surface area is 69.0 Å². The number of hydrogen-bond donors (Lipinski definition) is 1. The lowest BCUT2D eigenvalue weighted by Gasteiger charge is -2.39. The largest absolute Gasteiger partial charge is 0.314 e. The fourth-order valence-corrected chi connectivity index (χ4v) is 2.27. The molecule has 2 fully saturated rings. The lowest BCUT2D eigenvalue weighted by molar-refractivity contribution is 0.106. The smallest absolute Gasteiger partial charge is 0.0338 e. The van der Waals surface area contributed by atoms with Crippen molar-refractivity contribution in [3.8, 4) is 0 Å². The third kappa shape index (κ3) is 1.18. The van der Waals surface area contributed by atoms with Crippen molar-refractivity contribution < 1.29 is 0 Å². The van der Waals surface area contributed by atoms with Crippen molar-refractivity contribution in [2.45, 2.75) is 38.3 Å². The molecule has 0 unspecified atom stereocenters. The van der Waals surface area contributed by atoms with Gasteiger partial charge >= 0.3 is 0 Å². The normalized spacial score (nSPS) is 29.7. The van der Waals surface area contributed by atoms with Crippen LogP contribution in [0, 0.1) is 0 Å². The van der Waals surface area contributed by atoms with Gasteiger partial charge in [-0.3, -0.25) is 4.90 Å². The van der Waals surface area contributed by atoms with E-state index in [-0.39, 0.29) is 0 Å². The van der Waals surface area contributed by atoms with Crippen molar-refractivity contribution in [2.75, 3.05) is 19.6 Å². The molecule has 0 amide bonds. The SMILES string of the molecule is CC(C)N1CCNCC12CC2. The van der Waals surface area contributed by atoms with E-state index in [1.165, 1.54) is 32.5 Å². The zero-order chi connectivity index (χ0) is 7.90. The molecule has 11 heavy (non-hydrogen) atoms. The third-order valence-electron chi connectivity index (χ3n) is 3.04. The van der Waals surface area contributed by atoms with E-state index in [0.717, 1.165) is 6.04 Å². The Kier molecular flexibility index (Phi) is 1.69. The van der Waals surface area contributed by atoms with Gasteiger partial charge in [0.15, 0.2) is 0 Å². The van der Waals surface area contributed by atoms with Crippen molar-refractivity contribution in [3.63, 3.8) is 0 Å². The van der Waals surface area contributed by atoms with Crippen LogP contribution in [0.4, 0.5) is 0 Å². The monoisotopic (exact) mass is 154 g/mol. The van der Waals surface area contributed by atoms with Crippen molar-refractivity contribution in [2.24, 2.45) is 0 Å². The molecule has 1 saturated heterocycles. The molecule has 0 radical (unpaired) electrons. The molecule has 0 aromatic rings. The van der Waals surface area contributed by atoms with Crippen LogP contribution < -0.4 is 5.32 Å². The molecule has 1 aliphatic carbocycles. The van der Waals surface area contributed by atoms with Crippen LogP contribution in [0.2, 0.25) is 0 Å². The minimum absolute atomic E-state index is 0.590. The molecular weight excluding hydrogens is 136 g/mol. The van der Waals surface area contributed by atoms with E-state index in [1.807, 2.05) is 0 Å². The maximum absolute atomic E-state index is 3.48. The van der Waals surface area contributed by atoms with Crippen LogP contribution in [0.15, 0.2) is 0 Å². The van der Waals surface area contributed by atoms with Crippen molar-refractivity contribution in [3.05, 3.63) is 0 Å². The molecule has 0 bridgehead atoms. The van der Waals surface area contributed by atoms with Crippen LogP contribution in [-0.4, -0.2) is 36.1 Å². The minimum atomic E-state index is 0.590. The first-order chi connectivity index (χ1) is 5.25. The molecule has 1 N–H and O–H groups in total. The predicted molar refractivity (Wildman–Crippen MR) is 46.7 cm³/mol. The van der Waals surface area contributed by atoms with Crippen molar-refractivity contribution in [1.82, 2.24) is 10.2 Å². The molecule has 2 heteroatoms. The predicted octanol–water partition coefficient (Wildman–Crippen LogP) is 0.833. The van der Waals surface area contributed by atoms with Crippen LogP contribution in [0.3, 0.4) is 0 Å². The highest BCUT2D eigenvalue weighted by Gasteiger charge is 2.49. The maximum atomic E-state index is 3.48. The summed E-state index contributed by atoms with van der Waals surface area (Å²) in [5, 5.41) is 3.48. The molecule has 0 atom stereocenters. The fourth-order valence-electron chi connectivity index (χ4n) is 2.27. The first-order valence-corrected chi connectivity index (χ1v) is 4.72. The summed E-state index contributed by atoms with van der Waals surface area (Å²) in [7, 11) is 0. The van der Waals surface area contributed by atoms with E-state index in [9.17, 15) is 0 Å². The van der Waals surface area contributed by atoms with Crippen LogP contribution in [-0.2, 0) is 0 Å². The first kappa shape index (κ1) is 7.56. The minimum Gasteiger partial charge on any atom is -0.314 e. The summed E-state index contributed by atoms with van der Waals surface area (Å²) in [5.74, 6) is 0. The highest BCUT2D eigenvalue weighted by Crippen LogP contribution is 2.43. The third-order valence-corrected chi connectivity index (χ3v) is 3.04. The van der Waals surface area contributed by atoms with Crippen molar-refractivity contribution >= 4 is 0 Å². The summed E-state index contributed by atoms with van der Waals surface area (Å²) in [5.41, 5.74) is 0.590. The van der Waals surface area contributed by atoms with Crippen LogP contribution in [0.25, 0.3) is 0 Å². The Balaban J connectivity index is 2.04. The van der Waals surface area contributed by atoms with Gasteiger partial charge in [-0.25, -0.2) is 0 Å². The standard InChI is InChI=1S/C9H18N2/c1-8(2)11-6-5-10-7-9(11)3-4-9/h8,10H,3-7H2,1-2H3. The van der Waals surface area contributed by atoms with Crippen LogP contribution >= 0.6 is 0 Å². The van der Waals surface area contributed by atoms with Crippen LogP contribution in [0.1, 0.15) is 26.7 Å². The summed E-state index contributed by atoms with van der Waals surface area (Å²) in [6.45, 7) is 8.28. The van der Waals surface area contributed by atoms with E-state index in [1.54, 1.807) is 0 Å². The van der Waals surface area contributed by atoms with Gasteiger partial charge in [-0.1, -0.05) is 0 Å². The van der Waals surface area contributed by atoms with Gasteiger partial charge in [0.25, 0.3) is 0 Å². The van der Waals surface area contributed by atoms with E-state index < -0.39 is 0 Å². The number of nitrogens with zero attached hydrogens (tertiary/aromatic N) is 1. The second-order valence-electron chi connectivity index (χ2n) is 4.19. The van der Waals surface area contributed by atoms with Crippen LogP contribution in [0.5, 0.6) is 0 Å².